The molecule has 1 atom stereocenters. The fraction of sp³-hybridized carbons (Fsp3) is 0.533. The van der Waals surface area contributed by atoms with Crippen LogP contribution in [0.1, 0.15) is 62.1 Å². The first kappa shape index (κ1) is 27.0. The van der Waals surface area contributed by atoms with Crippen molar-refractivity contribution in [3.63, 3.8) is 0 Å². The largest absolute Gasteiger partial charge is 0.492 e. The summed E-state index contributed by atoms with van der Waals surface area (Å²) in [5, 5.41) is 9.29. The van der Waals surface area contributed by atoms with Gasteiger partial charge >= 0.3 is 12.1 Å². The number of rotatable bonds is 12. The summed E-state index contributed by atoms with van der Waals surface area (Å²) >= 11 is 0. The van der Waals surface area contributed by atoms with E-state index in [9.17, 15) is 14.7 Å². The number of fused-ring (bicyclic) bond motifs is 1. The van der Waals surface area contributed by atoms with Crippen molar-refractivity contribution in [3.8, 4) is 11.5 Å². The summed E-state index contributed by atoms with van der Waals surface area (Å²) in [6.45, 7) is 3.60. The van der Waals surface area contributed by atoms with Crippen LogP contribution in [0.5, 0.6) is 11.5 Å². The van der Waals surface area contributed by atoms with Crippen LogP contribution in [0.4, 0.5) is 4.79 Å². The number of carboxylic acids is 1. The molecule has 0 saturated heterocycles. The van der Waals surface area contributed by atoms with Crippen molar-refractivity contribution in [1.82, 2.24) is 4.90 Å². The highest BCUT2D eigenvalue weighted by molar-refractivity contribution is 5.72. The third-order valence-corrected chi connectivity index (χ3v) is 7.35. The maximum absolute atomic E-state index is 13.2. The summed E-state index contributed by atoms with van der Waals surface area (Å²) < 4.78 is 17.1. The fourth-order valence-corrected chi connectivity index (χ4v) is 5.34. The van der Waals surface area contributed by atoms with Gasteiger partial charge in [0.25, 0.3) is 0 Å². The van der Waals surface area contributed by atoms with Crippen LogP contribution in [0.25, 0.3) is 0 Å². The van der Waals surface area contributed by atoms with Crippen molar-refractivity contribution < 1.29 is 28.9 Å². The van der Waals surface area contributed by atoms with Crippen LogP contribution in [0.15, 0.2) is 42.5 Å². The van der Waals surface area contributed by atoms with Crippen molar-refractivity contribution in [2.75, 3.05) is 26.3 Å². The second kappa shape index (κ2) is 13.5. The molecule has 37 heavy (non-hydrogen) atoms. The molecule has 7 nitrogen and oxygen atoms in total. The average molecular weight is 510 g/mol. The van der Waals surface area contributed by atoms with Crippen LogP contribution in [0.3, 0.4) is 0 Å². The third kappa shape index (κ3) is 7.96. The highest BCUT2D eigenvalue weighted by Crippen LogP contribution is 2.28. The highest BCUT2D eigenvalue weighted by atomic mass is 16.6. The van der Waals surface area contributed by atoms with Crippen molar-refractivity contribution in [2.24, 2.45) is 5.92 Å². The van der Waals surface area contributed by atoms with Crippen LogP contribution in [0, 0.1) is 5.92 Å². The molecule has 2 aliphatic carbocycles. The molecule has 1 fully saturated rings. The molecule has 1 unspecified atom stereocenters. The van der Waals surface area contributed by atoms with Gasteiger partial charge in [-0.2, -0.15) is 0 Å². The monoisotopic (exact) mass is 509 g/mol. The van der Waals surface area contributed by atoms with Crippen molar-refractivity contribution in [3.05, 3.63) is 59.2 Å². The van der Waals surface area contributed by atoms with Crippen LogP contribution < -0.4 is 9.47 Å². The van der Waals surface area contributed by atoms with Gasteiger partial charge in [-0.15, -0.1) is 0 Å². The van der Waals surface area contributed by atoms with Gasteiger partial charge in [0.05, 0.1) is 6.54 Å². The van der Waals surface area contributed by atoms with Gasteiger partial charge in [0.1, 0.15) is 18.1 Å². The summed E-state index contributed by atoms with van der Waals surface area (Å²) in [7, 11) is 0. The minimum Gasteiger partial charge on any atom is -0.492 e. The van der Waals surface area contributed by atoms with E-state index < -0.39 is 12.1 Å². The maximum atomic E-state index is 13.2. The zero-order chi connectivity index (χ0) is 26.0. The Kier molecular flexibility index (Phi) is 9.83. The molecular weight excluding hydrogens is 470 g/mol. The number of aliphatic carboxylic acids is 1. The van der Waals surface area contributed by atoms with Gasteiger partial charge in [-0.3, -0.25) is 0 Å². The molecule has 0 bridgehead atoms. The van der Waals surface area contributed by atoms with E-state index >= 15 is 0 Å². The molecule has 2 aromatic rings. The van der Waals surface area contributed by atoms with E-state index in [1.807, 2.05) is 36.4 Å². The highest BCUT2D eigenvalue weighted by Gasteiger charge is 2.23. The predicted molar refractivity (Wildman–Crippen MR) is 141 cm³/mol. The SMILES string of the molecule is CCOC(Cc1ccc(OCCN(CC2CCCCC2)C(=O)Oc2ccc3c(c2)CCC3)cc1)C(=O)O. The molecule has 1 N–H and O–H groups in total. The first-order valence-corrected chi connectivity index (χ1v) is 13.7. The quantitative estimate of drug-likeness (QED) is 0.397. The molecule has 0 radical (unpaired) electrons. The standard InChI is InChI=1S/C30H39NO6/c1-2-35-28(29(32)33)19-22-11-14-26(15-12-22)36-18-17-31(21-23-7-4-3-5-8-23)30(34)37-27-16-13-24-9-6-10-25(24)20-27/h11-16,20,23,28H,2-10,17-19,21H2,1H3,(H,32,33). The topological polar surface area (TPSA) is 85.3 Å². The zero-order valence-electron chi connectivity index (χ0n) is 21.8. The number of benzene rings is 2. The van der Waals surface area contributed by atoms with E-state index in [0.29, 0.717) is 50.1 Å². The summed E-state index contributed by atoms with van der Waals surface area (Å²) in [6.07, 6.45) is 8.41. The Hall–Kier alpha value is -3.06. The average Bonchev–Trinajstić information content (AvgIpc) is 3.37. The number of carbonyl (C=O) groups excluding carboxylic acids is 1. The van der Waals surface area contributed by atoms with Crippen LogP contribution in [-0.2, 0) is 28.8 Å². The second-order valence-corrected chi connectivity index (χ2v) is 10.1. The normalized spacial score (nSPS) is 16.1. The molecule has 0 aromatic heterocycles. The Bertz CT molecular complexity index is 1030. The van der Waals surface area contributed by atoms with E-state index in [2.05, 4.69) is 6.07 Å². The number of hydrogen-bond donors (Lipinski definition) is 1. The van der Waals surface area contributed by atoms with Crippen molar-refractivity contribution in [1.29, 1.82) is 0 Å². The minimum absolute atomic E-state index is 0.299. The Labute approximate surface area is 219 Å². The van der Waals surface area contributed by atoms with Crippen LogP contribution >= 0.6 is 0 Å². The molecule has 0 spiro atoms. The van der Waals surface area contributed by atoms with Gasteiger partial charge < -0.3 is 24.2 Å². The molecule has 1 amide bonds. The Morgan fingerprint density at radius 3 is 2.43 bits per heavy atom. The summed E-state index contributed by atoms with van der Waals surface area (Å²) in [5.41, 5.74) is 3.51. The Balaban J connectivity index is 1.33. The van der Waals surface area contributed by atoms with Crippen LogP contribution in [-0.4, -0.2) is 54.5 Å². The fourth-order valence-electron chi connectivity index (χ4n) is 5.34. The Morgan fingerprint density at radius 1 is 0.973 bits per heavy atom. The molecule has 2 aromatic carbocycles. The number of carbonyl (C=O) groups is 2. The van der Waals surface area contributed by atoms with Gasteiger partial charge in [-0.25, -0.2) is 9.59 Å². The van der Waals surface area contributed by atoms with Gasteiger partial charge in [-0.1, -0.05) is 37.5 Å². The van der Waals surface area contributed by atoms with Crippen molar-refractivity contribution in [2.45, 2.75) is 70.8 Å². The first-order chi connectivity index (χ1) is 18.0. The molecule has 4 rings (SSSR count). The molecule has 0 aliphatic heterocycles. The van der Waals surface area contributed by atoms with Gasteiger partial charge in [0.15, 0.2) is 6.10 Å². The van der Waals surface area contributed by atoms with E-state index in [1.165, 1.54) is 30.4 Å². The third-order valence-electron chi connectivity index (χ3n) is 7.35. The number of carboxylic acid groups (broad SMARTS) is 1. The lowest BCUT2D eigenvalue weighted by atomic mass is 9.89. The predicted octanol–water partition coefficient (Wildman–Crippen LogP) is 5.67. The van der Waals surface area contributed by atoms with Crippen molar-refractivity contribution >= 4 is 12.1 Å². The van der Waals surface area contributed by atoms with Crippen LogP contribution in [0.2, 0.25) is 0 Å². The lowest BCUT2D eigenvalue weighted by Gasteiger charge is -2.29. The molecule has 7 heteroatoms. The number of amides is 1. The van der Waals surface area contributed by atoms with E-state index in [1.54, 1.807) is 11.8 Å². The smallest absolute Gasteiger partial charge is 0.415 e. The minimum atomic E-state index is -0.966. The van der Waals surface area contributed by atoms with E-state index in [-0.39, 0.29) is 6.09 Å². The number of hydrogen-bond acceptors (Lipinski definition) is 5. The molecule has 0 heterocycles. The van der Waals surface area contributed by atoms with Gasteiger partial charge in [0, 0.05) is 19.6 Å². The number of ether oxygens (including phenoxy) is 3. The zero-order valence-corrected chi connectivity index (χ0v) is 21.8. The molecule has 2 aliphatic rings. The van der Waals surface area contributed by atoms with E-state index in [0.717, 1.165) is 37.7 Å². The Morgan fingerprint density at radius 2 is 1.70 bits per heavy atom. The summed E-state index contributed by atoms with van der Waals surface area (Å²) in [4.78, 5) is 26.3. The van der Waals surface area contributed by atoms with Gasteiger partial charge in [0.2, 0.25) is 0 Å². The summed E-state index contributed by atoms with van der Waals surface area (Å²) in [5.74, 6) is 0.819. The number of nitrogens with zero attached hydrogens (tertiary/aromatic N) is 1. The molecular formula is C30H39NO6. The summed E-state index contributed by atoms with van der Waals surface area (Å²) in [6, 6.07) is 13.4. The second-order valence-electron chi connectivity index (χ2n) is 10.1. The molecule has 200 valence electrons. The maximum Gasteiger partial charge on any atom is 0.415 e. The van der Waals surface area contributed by atoms with E-state index in [4.69, 9.17) is 14.2 Å². The first-order valence-electron chi connectivity index (χ1n) is 13.7. The lowest BCUT2D eigenvalue weighted by molar-refractivity contribution is -0.149. The van der Waals surface area contributed by atoms with Gasteiger partial charge in [-0.05, 0) is 85.9 Å². The number of aryl methyl sites for hydroxylation is 2. The lowest BCUT2D eigenvalue weighted by Crippen LogP contribution is -2.40. The molecule has 1 saturated carbocycles.